The normalized spacial score (nSPS) is 11.5. The molecule has 0 saturated carbocycles. The number of nitrogens with two attached hydrogens (primary N) is 1. The molecule has 21 heavy (non-hydrogen) atoms. The lowest BCUT2D eigenvalue weighted by Gasteiger charge is -2.07. The van der Waals surface area contributed by atoms with Gasteiger partial charge in [-0.1, -0.05) is 0 Å². The van der Waals surface area contributed by atoms with Crippen molar-refractivity contribution >= 4 is 21.4 Å². The smallest absolute Gasteiger partial charge is 0.240 e. The Morgan fingerprint density at radius 1 is 1.33 bits per heavy atom. The number of hydrogen-bond donors (Lipinski definition) is 2. The molecule has 0 atom stereocenters. The summed E-state index contributed by atoms with van der Waals surface area (Å²) in [7, 11) is -3.55. The van der Waals surface area contributed by atoms with Crippen molar-refractivity contribution in [1.82, 2.24) is 9.71 Å². The first-order valence-corrected chi connectivity index (χ1v) is 8.65. The highest BCUT2D eigenvalue weighted by Gasteiger charge is 2.14. The molecule has 0 spiro atoms. The molecule has 8 heteroatoms. The molecule has 1 aromatic carbocycles. The topological polar surface area (TPSA) is 94.3 Å². The summed E-state index contributed by atoms with van der Waals surface area (Å²) in [4.78, 5) is 5.36. The Balaban J connectivity index is 2.01. The van der Waals surface area contributed by atoms with E-state index in [2.05, 4.69) is 9.71 Å². The van der Waals surface area contributed by atoms with Gasteiger partial charge in [0.1, 0.15) is 17.4 Å². The van der Waals surface area contributed by atoms with Crippen LogP contribution in [0.25, 0.3) is 0 Å². The lowest BCUT2D eigenvalue weighted by atomic mass is 10.3. The predicted molar refractivity (Wildman–Crippen MR) is 81.9 cm³/mol. The first-order valence-electron chi connectivity index (χ1n) is 6.35. The van der Waals surface area contributed by atoms with E-state index in [1.807, 2.05) is 6.92 Å². The van der Waals surface area contributed by atoms with Gasteiger partial charge in [-0.3, -0.25) is 0 Å². The Kier molecular flexibility index (Phi) is 5.29. The van der Waals surface area contributed by atoms with Crippen molar-refractivity contribution in [3.05, 3.63) is 40.3 Å². The number of ether oxygens (including phenoxy) is 1. The molecule has 3 N–H and O–H groups in total. The quantitative estimate of drug-likeness (QED) is 0.798. The molecule has 0 aliphatic rings. The molecule has 2 rings (SSSR count). The standard InChI is InChI=1S/C13H17N3O3S2/c1-10-8-15-13(20-10)9-16-21(17,18)12-4-2-11(3-5-12)19-7-6-14/h2-5,8,16H,6-7,9,14H2,1H3. The molecular weight excluding hydrogens is 310 g/mol. The van der Waals surface area contributed by atoms with Crippen LogP contribution in [0.15, 0.2) is 35.4 Å². The van der Waals surface area contributed by atoms with Crippen LogP contribution in [0, 0.1) is 6.92 Å². The number of thiazole rings is 1. The van der Waals surface area contributed by atoms with E-state index in [0.29, 0.717) is 18.9 Å². The molecule has 0 saturated heterocycles. The molecule has 6 nitrogen and oxygen atoms in total. The summed E-state index contributed by atoms with van der Waals surface area (Å²) in [6.45, 7) is 2.92. The van der Waals surface area contributed by atoms with E-state index < -0.39 is 10.0 Å². The Labute approximate surface area is 128 Å². The second-order valence-corrected chi connectivity index (χ2v) is 7.38. The zero-order chi connectivity index (χ0) is 15.3. The minimum atomic E-state index is -3.55. The maximum atomic E-state index is 12.1. The van der Waals surface area contributed by atoms with Crippen molar-refractivity contribution in [3.8, 4) is 5.75 Å². The minimum Gasteiger partial charge on any atom is -0.492 e. The highest BCUT2D eigenvalue weighted by Crippen LogP contribution is 2.17. The predicted octanol–water partition coefficient (Wildman–Crippen LogP) is 1.27. The van der Waals surface area contributed by atoms with Crippen molar-refractivity contribution < 1.29 is 13.2 Å². The van der Waals surface area contributed by atoms with Crippen molar-refractivity contribution in [2.45, 2.75) is 18.4 Å². The summed E-state index contributed by atoms with van der Waals surface area (Å²) in [5.41, 5.74) is 5.34. The SMILES string of the molecule is Cc1cnc(CNS(=O)(=O)c2ccc(OCCN)cc2)s1. The van der Waals surface area contributed by atoms with Crippen molar-refractivity contribution in [2.75, 3.05) is 13.2 Å². The molecule has 0 fully saturated rings. The molecule has 0 radical (unpaired) electrons. The van der Waals surface area contributed by atoms with Gasteiger partial charge >= 0.3 is 0 Å². The van der Waals surface area contributed by atoms with Crippen LogP contribution in [0.1, 0.15) is 9.88 Å². The van der Waals surface area contributed by atoms with Crippen LogP contribution >= 0.6 is 11.3 Å². The number of hydrogen-bond acceptors (Lipinski definition) is 6. The van der Waals surface area contributed by atoms with Crippen LogP contribution in [0.3, 0.4) is 0 Å². The van der Waals surface area contributed by atoms with Crippen LogP contribution in [-0.4, -0.2) is 26.6 Å². The van der Waals surface area contributed by atoms with E-state index in [4.69, 9.17) is 10.5 Å². The number of nitrogens with zero attached hydrogens (tertiary/aromatic N) is 1. The Morgan fingerprint density at radius 3 is 2.62 bits per heavy atom. The van der Waals surface area contributed by atoms with E-state index in [9.17, 15) is 8.42 Å². The fourth-order valence-electron chi connectivity index (χ4n) is 1.62. The Morgan fingerprint density at radius 2 is 2.05 bits per heavy atom. The summed E-state index contributed by atoms with van der Waals surface area (Å²) >= 11 is 1.47. The summed E-state index contributed by atoms with van der Waals surface area (Å²) in [6.07, 6.45) is 1.72. The minimum absolute atomic E-state index is 0.187. The number of rotatable bonds is 7. The van der Waals surface area contributed by atoms with Crippen LogP contribution in [-0.2, 0) is 16.6 Å². The van der Waals surface area contributed by atoms with Gasteiger partial charge in [-0.15, -0.1) is 11.3 Å². The molecule has 2 aromatic rings. The van der Waals surface area contributed by atoms with E-state index in [1.54, 1.807) is 18.3 Å². The van der Waals surface area contributed by atoms with Gasteiger partial charge in [-0.25, -0.2) is 18.1 Å². The maximum absolute atomic E-state index is 12.1. The third kappa shape index (κ3) is 4.50. The van der Waals surface area contributed by atoms with E-state index in [-0.39, 0.29) is 11.4 Å². The van der Waals surface area contributed by atoms with Crippen molar-refractivity contribution in [1.29, 1.82) is 0 Å². The molecule has 1 aromatic heterocycles. The van der Waals surface area contributed by atoms with Gasteiger partial charge in [0.15, 0.2) is 0 Å². The summed E-state index contributed by atoms with van der Waals surface area (Å²) < 4.78 is 32.1. The largest absolute Gasteiger partial charge is 0.492 e. The van der Waals surface area contributed by atoms with Gasteiger partial charge in [0.25, 0.3) is 0 Å². The third-order valence-electron chi connectivity index (χ3n) is 2.60. The molecule has 114 valence electrons. The number of aryl methyl sites for hydroxylation is 1. The average molecular weight is 327 g/mol. The second-order valence-electron chi connectivity index (χ2n) is 4.30. The van der Waals surface area contributed by atoms with Gasteiger partial charge in [-0.2, -0.15) is 0 Å². The molecule has 0 aliphatic heterocycles. The summed E-state index contributed by atoms with van der Waals surface area (Å²) in [5, 5.41) is 0.735. The lowest BCUT2D eigenvalue weighted by molar-refractivity contribution is 0.328. The van der Waals surface area contributed by atoms with E-state index in [0.717, 1.165) is 9.88 Å². The maximum Gasteiger partial charge on any atom is 0.240 e. The number of sulfonamides is 1. The monoisotopic (exact) mass is 327 g/mol. The first kappa shape index (κ1) is 15.9. The van der Waals surface area contributed by atoms with E-state index >= 15 is 0 Å². The van der Waals surface area contributed by atoms with Crippen LogP contribution < -0.4 is 15.2 Å². The molecule has 0 unspecified atom stereocenters. The third-order valence-corrected chi connectivity index (χ3v) is 4.93. The van der Waals surface area contributed by atoms with Gasteiger partial charge in [0, 0.05) is 17.6 Å². The molecule has 0 aliphatic carbocycles. The summed E-state index contributed by atoms with van der Waals surface area (Å²) in [5.74, 6) is 0.593. The molecular formula is C13H17N3O3S2. The lowest BCUT2D eigenvalue weighted by Crippen LogP contribution is -2.23. The molecule has 0 bridgehead atoms. The molecule has 0 amide bonds. The van der Waals surface area contributed by atoms with Gasteiger partial charge in [0.05, 0.1) is 11.4 Å². The second kappa shape index (κ2) is 6.99. The van der Waals surface area contributed by atoms with Crippen LogP contribution in [0.5, 0.6) is 5.75 Å². The van der Waals surface area contributed by atoms with Crippen LogP contribution in [0.4, 0.5) is 0 Å². The first-order chi connectivity index (χ1) is 10.0. The number of aromatic nitrogens is 1. The van der Waals surface area contributed by atoms with Gasteiger partial charge in [0.2, 0.25) is 10.0 Å². The highest BCUT2D eigenvalue weighted by molar-refractivity contribution is 7.89. The molecule has 1 heterocycles. The fraction of sp³-hybridized carbons (Fsp3) is 0.308. The van der Waals surface area contributed by atoms with Crippen molar-refractivity contribution in [3.63, 3.8) is 0 Å². The Bertz CT molecular complexity index is 681. The highest BCUT2D eigenvalue weighted by atomic mass is 32.2. The Hall–Kier alpha value is -1.48. The fourth-order valence-corrected chi connectivity index (χ4v) is 3.42. The zero-order valence-corrected chi connectivity index (χ0v) is 13.2. The zero-order valence-electron chi connectivity index (χ0n) is 11.6. The number of nitrogens with one attached hydrogen (secondary N) is 1. The van der Waals surface area contributed by atoms with E-state index in [1.165, 1.54) is 23.5 Å². The number of benzene rings is 1. The van der Waals surface area contributed by atoms with Crippen molar-refractivity contribution in [2.24, 2.45) is 5.73 Å². The van der Waals surface area contributed by atoms with Gasteiger partial charge in [-0.05, 0) is 31.2 Å². The van der Waals surface area contributed by atoms with Crippen LogP contribution in [0.2, 0.25) is 0 Å². The average Bonchev–Trinajstić information content (AvgIpc) is 2.89. The summed E-state index contributed by atoms with van der Waals surface area (Å²) in [6, 6.07) is 6.22. The van der Waals surface area contributed by atoms with Gasteiger partial charge < -0.3 is 10.5 Å².